The summed E-state index contributed by atoms with van der Waals surface area (Å²) < 4.78 is 5.36. The SMILES string of the molecule is CC(C)OCCNOC1CCCC1. The van der Waals surface area contributed by atoms with E-state index in [2.05, 4.69) is 5.48 Å². The van der Waals surface area contributed by atoms with Crippen LogP contribution in [0.25, 0.3) is 0 Å². The zero-order valence-electron chi connectivity index (χ0n) is 8.71. The van der Waals surface area contributed by atoms with Crippen molar-refractivity contribution in [3.63, 3.8) is 0 Å². The van der Waals surface area contributed by atoms with Crippen LogP contribution in [-0.4, -0.2) is 25.4 Å². The summed E-state index contributed by atoms with van der Waals surface area (Å²) in [5.74, 6) is 0. The fourth-order valence-corrected chi connectivity index (χ4v) is 1.52. The predicted octanol–water partition coefficient (Wildman–Crippen LogP) is 1.88. The van der Waals surface area contributed by atoms with Crippen LogP contribution in [0.2, 0.25) is 0 Å². The molecule has 3 nitrogen and oxygen atoms in total. The maximum absolute atomic E-state index is 5.45. The molecule has 0 bridgehead atoms. The van der Waals surface area contributed by atoms with Crippen molar-refractivity contribution < 1.29 is 9.57 Å². The summed E-state index contributed by atoms with van der Waals surface area (Å²) in [5, 5.41) is 0. The third kappa shape index (κ3) is 5.24. The highest BCUT2D eigenvalue weighted by Crippen LogP contribution is 2.19. The summed E-state index contributed by atoms with van der Waals surface area (Å²) in [7, 11) is 0. The summed E-state index contributed by atoms with van der Waals surface area (Å²) in [4.78, 5) is 5.45. The number of nitrogens with one attached hydrogen (secondary N) is 1. The topological polar surface area (TPSA) is 30.5 Å². The number of rotatable bonds is 6. The van der Waals surface area contributed by atoms with Gasteiger partial charge in [0.25, 0.3) is 0 Å². The molecule has 13 heavy (non-hydrogen) atoms. The largest absolute Gasteiger partial charge is 0.377 e. The smallest absolute Gasteiger partial charge is 0.0790 e. The molecule has 1 fully saturated rings. The van der Waals surface area contributed by atoms with Crippen molar-refractivity contribution in [1.29, 1.82) is 0 Å². The Morgan fingerprint density at radius 3 is 2.62 bits per heavy atom. The van der Waals surface area contributed by atoms with Crippen LogP contribution in [0.3, 0.4) is 0 Å². The molecule has 0 radical (unpaired) electrons. The molecule has 78 valence electrons. The van der Waals surface area contributed by atoms with Gasteiger partial charge in [-0.05, 0) is 26.7 Å². The third-order valence-corrected chi connectivity index (χ3v) is 2.21. The highest BCUT2D eigenvalue weighted by molar-refractivity contribution is 4.65. The lowest BCUT2D eigenvalue weighted by Gasteiger charge is -2.12. The van der Waals surface area contributed by atoms with Crippen LogP contribution < -0.4 is 5.48 Å². The molecule has 1 aliphatic rings. The van der Waals surface area contributed by atoms with Gasteiger partial charge in [-0.2, -0.15) is 5.48 Å². The normalized spacial score (nSPS) is 18.7. The van der Waals surface area contributed by atoms with E-state index in [4.69, 9.17) is 9.57 Å². The van der Waals surface area contributed by atoms with E-state index in [9.17, 15) is 0 Å². The molecule has 0 aliphatic heterocycles. The first-order valence-corrected chi connectivity index (χ1v) is 5.29. The zero-order chi connectivity index (χ0) is 9.52. The van der Waals surface area contributed by atoms with Gasteiger partial charge in [0.2, 0.25) is 0 Å². The Morgan fingerprint density at radius 2 is 2.00 bits per heavy atom. The molecule has 1 aliphatic carbocycles. The molecule has 0 spiro atoms. The second-order valence-corrected chi connectivity index (χ2v) is 3.84. The zero-order valence-corrected chi connectivity index (χ0v) is 8.71. The van der Waals surface area contributed by atoms with E-state index in [1.54, 1.807) is 0 Å². The fraction of sp³-hybridized carbons (Fsp3) is 1.00. The Morgan fingerprint density at radius 1 is 1.31 bits per heavy atom. The average Bonchev–Trinajstić information content (AvgIpc) is 2.55. The van der Waals surface area contributed by atoms with Crippen molar-refractivity contribution in [3.05, 3.63) is 0 Å². The molecule has 0 atom stereocenters. The number of ether oxygens (including phenoxy) is 1. The predicted molar refractivity (Wildman–Crippen MR) is 52.4 cm³/mol. The molecule has 0 aromatic carbocycles. The van der Waals surface area contributed by atoms with E-state index in [1.165, 1.54) is 25.7 Å². The molecule has 0 heterocycles. The maximum atomic E-state index is 5.45. The summed E-state index contributed by atoms with van der Waals surface area (Å²) >= 11 is 0. The summed E-state index contributed by atoms with van der Waals surface area (Å²) in [6.45, 7) is 5.59. The highest BCUT2D eigenvalue weighted by atomic mass is 16.7. The van der Waals surface area contributed by atoms with Gasteiger partial charge in [0.1, 0.15) is 0 Å². The minimum Gasteiger partial charge on any atom is -0.377 e. The molecule has 0 unspecified atom stereocenters. The van der Waals surface area contributed by atoms with E-state index in [0.717, 1.165) is 13.2 Å². The number of hydrogen-bond acceptors (Lipinski definition) is 3. The maximum Gasteiger partial charge on any atom is 0.0790 e. The van der Waals surface area contributed by atoms with Crippen molar-refractivity contribution in [1.82, 2.24) is 5.48 Å². The van der Waals surface area contributed by atoms with Crippen molar-refractivity contribution >= 4 is 0 Å². The van der Waals surface area contributed by atoms with Crippen LogP contribution in [0.4, 0.5) is 0 Å². The van der Waals surface area contributed by atoms with E-state index in [0.29, 0.717) is 12.2 Å². The van der Waals surface area contributed by atoms with Crippen LogP contribution in [0.5, 0.6) is 0 Å². The molecular formula is C10H21NO2. The quantitative estimate of drug-likeness (QED) is 0.508. The molecule has 0 amide bonds. The van der Waals surface area contributed by atoms with E-state index < -0.39 is 0 Å². The Bertz CT molecular complexity index is 122. The van der Waals surface area contributed by atoms with Crippen LogP contribution in [-0.2, 0) is 9.57 Å². The summed E-state index contributed by atoms with van der Waals surface area (Å²) in [6.07, 6.45) is 5.80. The minimum atomic E-state index is 0.313. The van der Waals surface area contributed by atoms with Crippen LogP contribution in [0.15, 0.2) is 0 Å². The van der Waals surface area contributed by atoms with Gasteiger partial charge in [-0.3, -0.25) is 4.84 Å². The molecule has 0 aromatic rings. The standard InChI is InChI=1S/C10H21NO2/c1-9(2)12-8-7-11-13-10-5-3-4-6-10/h9-11H,3-8H2,1-2H3. The van der Waals surface area contributed by atoms with Crippen molar-refractivity contribution in [3.8, 4) is 0 Å². The second kappa shape index (κ2) is 6.35. The Kier molecular flexibility index (Phi) is 5.35. The Hall–Kier alpha value is -0.120. The van der Waals surface area contributed by atoms with Crippen LogP contribution in [0.1, 0.15) is 39.5 Å². The van der Waals surface area contributed by atoms with Gasteiger partial charge in [-0.1, -0.05) is 12.8 Å². The van der Waals surface area contributed by atoms with E-state index >= 15 is 0 Å². The first-order chi connectivity index (χ1) is 6.29. The van der Waals surface area contributed by atoms with E-state index in [1.807, 2.05) is 13.8 Å². The van der Waals surface area contributed by atoms with Crippen LogP contribution in [0, 0.1) is 0 Å². The third-order valence-electron chi connectivity index (χ3n) is 2.21. The van der Waals surface area contributed by atoms with Gasteiger partial charge < -0.3 is 4.74 Å². The highest BCUT2D eigenvalue weighted by Gasteiger charge is 2.14. The lowest BCUT2D eigenvalue weighted by atomic mass is 10.3. The second-order valence-electron chi connectivity index (χ2n) is 3.84. The molecule has 1 rings (SSSR count). The van der Waals surface area contributed by atoms with Crippen molar-refractivity contribution in [2.75, 3.05) is 13.2 Å². The van der Waals surface area contributed by atoms with Crippen molar-refractivity contribution in [2.45, 2.75) is 51.7 Å². The van der Waals surface area contributed by atoms with Gasteiger partial charge in [-0.25, -0.2) is 0 Å². The lowest BCUT2D eigenvalue weighted by Crippen LogP contribution is -2.26. The lowest BCUT2D eigenvalue weighted by molar-refractivity contribution is -0.0360. The molecule has 1 saturated carbocycles. The van der Waals surface area contributed by atoms with Crippen LogP contribution >= 0.6 is 0 Å². The fourth-order valence-electron chi connectivity index (χ4n) is 1.52. The minimum absolute atomic E-state index is 0.313. The van der Waals surface area contributed by atoms with Gasteiger partial charge in [0, 0.05) is 6.54 Å². The van der Waals surface area contributed by atoms with Gasteiger partial charge in [0.15, 0.2) is 0 Å². The molecular weight excluding hydrogens is 166 g/mol. The monoisotopic (exact) mass is 187 g/mol. The average molecular weight is 187 g/mol. The molecule has 0 saturated heterocycles. The molecule has 0 aromatic heterocycles. The Labute approximate surface area is 80.7 Å². The molecule has 1 N–H and O–H groups in total. The van der Waals surface area contributed by atoms with Crippen molar-refractivity contribution in [2.24, 2.45) is 0 Å². The van der Waals surface area contributed by atoms with Gasteiger partial charge >= 0.3 is 0 Å². The summed E-state index contributed by atoms with van der Waals surface area (Å²) in [5.41, 5.74) is 2.96. The summed E-state index contributed by atoms with van der Waals surface area (Å²) in [6, 6.07) is 0. The Balaban J connectivity index is 1.83. The van der Waals surface area contributed by atoms with Gasteiger partial charge in [-0.15, -0.1) is 0 Å². The molecule has 3 heteroatoms. The first-order valence-electron chi connectivity index (χ1n) is 5.29. The first kappa shape index (κ1) is 11.0. The number of hydroxylamine groups is 1. The van der Waals surface area contributed by atoms with E-state index in [-0.39, 0.29) is 0 Å². The number of hydrogen-bond donors (Lipinski definition) is 1. The van der Waals surface area contributed by atoms with Gasteiger partial charge in [0.05, 0.1) is 18.8 Å².